The second-order valence-electron chi connectivity index (χ2n) is 5.43. The molecule has 13 heavy (non-hydrogen) atoms. The summed E-state index contributed by atoms with van der Waals surface area (Å²) >= 11 is 0. The van der Waals surface area contributed by atoms with E-state index in [0.717, 1.165) is 19.3 Å². The highest BCUT2D eigenvalue weighted by Gasteiger charge is 2.28. The third-order valence-electron chi connectivity index (χ3n) is 2.86. The summed E-state index contributed by atoms with van der Waals surface area (Å²) in [4.78, 5) is 11.6. The molecule has 0 N–H and O–H groups in total. The highest BCUT2D eigenvalue weighted by atomic mass is 16.1. The first-order valence-electron chi connectivity index (χ1n) is 5.05. The Morgan fingerprint density at radius 3 is 2.31 bits per heavy atom. The van der Waals surface area contributed by atoms with Crippen molar-refractivity contribution in [1.29, 1.82) is 0 Å². The average Bonchev–Trinajstić information content (AvgIpc) is 1.94. The van der Waals surface area contributed by atoms with Crippen LogP contribution in [0.4, 0.5) is 0 Å². The third-order valence-corrected chi connectivity index (χ3v) is 2.86. The van der Waals surface area contributed by atoms with Crippen LogP contribution in [0.1, 0.15) is 47.0 Å². The Bertz CT molecular complexity index is 232. The topological polar surface area (TPSA) is 17.1 Å². The fourth-order valence-corrected chi connectivity index (χ4v) is 1.48. The summed E-state index contributed by atoms with van der Waals surface area (Å²) in [6, 6.07) is 0. The number of Topliss-reactive ketones (excluding diaryl/α,β-unsaturated/α-hetero) is 1. The Morgan fingerprint density at radius 2 is 2.00 bits per heavy atom. The number of carbonyl (C=O) groups excluding carboxylic acids is 1. The summed E-state index contributed by atoms with van der Waals surface area (Å²) in [7, 11) is 0. The van der Waals surface area contributed by atoms with Crippen LogP contribution in [0.2, 0.25) is 0 Å². The molecule has 0 heterocycles. The van der Waals surface area contributed by atoms with E-state index in [1.165, 1.54) is 0 Å². The summed E-state index contributed by atoms with van der Waals surface area (Å²) in [6.07, 6.45) is 7.29. The summed E-state index contributed by atoms with van der Waals surface area (Å²) in [6.45, 7) is 8.21. The van der Waals surface area contributed by atoms with Crippen LogP contribution in [0.3, 0.4) is 0 Å². The molecule has 0 bridgehead atoms. The first kappa shape index (κ1) is 10.5. The third kappa shape index (κ3) is 2.68. The molecule has 1 atom stereocenters. The van der Waals surface area contributed by atoms with Crippen molar-refractivity contribution in [2.45, 2.75) is 47.0 Å². The lowest BCUT2D eigenvalue weighted by Gasteiger charge is -2.32. The number of hydrogen-bond donors (Lipinski definition) is 0. The molecule has 0 aromatic heterocycles. The summed E-state index contributed by atoms with van der Waals surface area (Å²) in [5, 5.41) is 0. The van der Waals surface area contributed by atoms with Gasteiger partial charge in [-0.15, -0.1) is 0 Å². The van der Waals surface area contributed by atoms with Crippen LogP contribution in [0.15, 0.2) is 12.2 Å². The van der Waals surface area contributed by atoms with Crippen LogP contribution >= 0.6 is 0 Å². The molecular weight excluding hydrogens is 160 g/mol. The van der Waals surface area contributed by atoms with E-state index in [-0.39, 0.29) is 5.41 Å². The molecule has 0 fully saturated rings. The van der Waals surface area contributed by atoms with Crippen LogP contribution in [0.25, 0.3) is 0 Å². The quantitative estimate of drug-likeness (QED) is 0.609. The fraction of sp³-hybridized carbons (Fsp3) is 0.750. The zero-order chi connectivity index (χ0) is 10.1. The van der Waals surface area contributed by atoms with E-state index in [2.05, 4.69) is 19.1 Å². The van der Waals surface area contributed by atoms with Gasteiger partial charge in [0, 0.05) is 11.8 Å². The van der Waals surface area contributed by atoms with Crippen molar-refractivity contribution in [1.82, 2.24) is 0 Å². The van der Waals surface area contributed by atoms with Crippen LogP contribution < -0.4 is 0 Å². The van der Waals surface area contributed by atoms with Gasteiger partial charge in [0.05, 0.1) is 0 Å². The first-order valence-corrected chi connectivity index (χ1v) is 5.05. The number of ketones is 1. The SMILES string of the molecule is CC1(CCC(=O)C(C)(C)C)C=CC1. The van der Waals surface area contributed by atoms with E-state index >= 15 is 0 Å². The normalized spacial score (nSPS) is 27.1. The highest BCUT2D eigenvalue weighted by molar-refractivity contribution is 5.83. The van der Waals surface area contributed by atoms with Crippen LogP contribution in [-0.4, -0.2) is 5.78 Å². The van der Waals surface area contributed by atoms with Crippen molar-refractivity contribution in [3.8, 4) is 0 Å². The average molecular weight is 180 g/mol. The van der Waals surface area contributed by atoms with Gasteiger partial charge in [-0.3, -0.25) is 4.79 Å². The van der Waals surface area contributed by atoms with Gasteiger partial charge in [0.15, 0.2) is 0 Å². The molecule has 0 amide bonds. The van der Waals surface area contributed by atoms with E-state index in [1.54, 1.807) is 0 Å². The second-order valence-corrected chi connectivity index (χ2v) is 5.43. The molecule has 1 aliphatic rings. The zero-order valence-corrected chi connectivity index (χ0v) is 9.18. The lowest BCUT2D eigenvalue weighted by atomic mass is 9.73. The standard InChI is InChI=1S/C12H20O/c1-11(2,3)10(13)6-9-12(4)7-5-8-12/h5,7H,6,8-9H2,1-4H3. The predicted molar refractivity (Wildman–Crippen MR) is 55.6 cm³/mol. The minimum Gasteiger partial charge on any atom is -0.299 e. The predicted octanol–water partition coefficient (Wildman–Crippen LogP) is 3.35. The van der Waals surface area contributed by atoms with Gasteiger partial charge < -0.3 is 0 Å². The van der Waals surface area contributed by atoms with Gasteiger partial charge in [0.2, 0.25) is 0 Å². The minimum atomic E-state index is -0.163. The smallest absolute Gasteiger partial charge is 0.138 e. The van der Waals surface area contributed by atoms with Gasteiger partial charge in [-0.2, -0.15) is 0 Å². The largest absolute Gasteiger partial charge is 0.299 e. The molecule has 1 aliphatic carbocycles. The summed E-state index contributed by atoms with van der Waals surface area (Å²) < 4.78 is 0. The number of rotatable bonds is 3. The molecule has 1 rings (SSSR count). The Hall–Kier alpha value is -0.590. The van der Waals surface area contributed by atoms with Crippen LogP contribution in [0.5, 0.6) is 0 Å². The van der Waals surface area contributed by atoms with Crippen molar-refractivity contribution in [3.63, 3.8) is 0 Å². The molecule has 0 saturated heterocycles. The minimum absolute atomic E-state index is 0.163. The van der Waals surface area contributed by atoms with E-state index < -0.39 is 0 Å². The molecular formula is C12H20O. The Balaban J connectivity index is 2.35. The maximum absolute atomic E-state index is 11.6. The lowest BCUT2D eigenvalue weighted by Crippen LogP contribution is -2.25. The van der Waals surface area contributed by atoms with E-state index in [4.69, 9.17) is 0 Å². The molecule has 0 aliphatic heterocycles. The maximum atomic E-state index is 11.6. The van der Waals surface area contributed by atoms with Crippen LogP contribution in [-0.2, 0) is 4.79 Å². The van der Waals surface area contributed by atoms with Crippen molar-refractivity contribution in [2.75, 3.05) is 0 Å². The Kier molecular flexibility index (Phi) is 2.65. The molecule has 0 aromatic carbocycles. The summed E-state index contributed by atoms with van der Waals surface area (Å²) in [5.41, 5.74) is 0.157. The number of allylic oxidation sites excluding steroid dienone is 2. The van der Waals surface area contributed by atoms with E-state index in [0.29, 0.717) is 11.2 Å². The van der Waals surface area contributed by atoms with Gasteiger partial charge in [-0.05, 0) is 18.3 Å². The van der Waals surface area contributed by atoms with E-state index in [9.17, 15) is 4.79 Å². The zero-order valence-electron chi connectivity index (χ0n) is 9.18. The van der Waals surface area contributed by atoms with Gasteiger partial charge in [-0.1, -0.05) is 39.8 Å². The first-order chi connectivity index (χ1) is 5.83. The fourth-order valence-electron chi connectivity index (χ4n) is 1.48. The highest BCUT2D eigenvalue weighted by Crippen LogP contribution is 2.37. The molecule has 74 valence electrons. The van der Waals surface area contributed by atoms with Gasteiger partial charge in [-0.25, -0.2) is 0 Å². The Labute approximate surface area is 81.2 Å². The van der Waals surface area contributed by atoms with E-state index in [1.807, 2.05) is 20.8 Å². The van der Waals surface area contributed by atoms with Gasteiger partial charge >= 0.3 is 0 Å². The molecule has 1 unspecified atom stereocenters. The molecule has 1 heteroatoms. The lowest BCUT2D eigenvalue weighted by molar-refractivity contribution is -0.126. The molecule has 0 radical (unpaired) electrons. The maximum Gasteiger partial charge on any atom is 0.138 e. The van der Waals surface area contributed by atoms with Crippen molar-refractivity contribution >= 4 is 5.78 Å². The van der Waals surface area contributed by atoms with Crippen LogP contribution in [0, 0.1) is 10.8 Å². The second kappa shape index (κ2) is 3.28. The Morgan fingerprint density at radius 1 is 1.46 bits per heavy atom. The summed E-state index contributed by atoms with van der Waals surface area (Å²) in [5.74, 6) is 0.383. The van der Waals surface area contributed by atoms with Crippen molar-refractivity contribution < 1.29 is 4.79 Å². The van der Waals surface area contributed by atoms with Crippen molar-refractivity contribution in [3.05, 3.63) is 12.2 Å². The van der Waals surface area contributed by atoms with Gasteiger partial charge in [0.1, 0.15) is 5.78 Å². The van der Waals surface area contributed by atoms with Gasteiger partial charge in [0.25, 0.3) is 0 Å². The molecule has 0 aromatic rings. The number of carbonyl (C=O) groups is 1. The molecule has 0 saturated carbocycles. The number of hydrogen-bond acceptors (Lipinski definition) is 1. The monoisotopic (exact) mass is 180 g/mol. The molecule has 1 nitrogen and oxygen atoms in total. The van der Waals surface area contributed by atoms with Crippen molar-refractivity contribution in [2.24, 2.45) is 10.8 Å². The molecule has 0 spiro atoms.